The maximum atomic E-state index is 12.8. The second kappa shape index (κ2) is 3.84. The Morgan fingerprint density at radius 3 is 2.88 bits per heavy atom. The zero-order valence-electron chi connectivity index (χ0n) is 14.3. The topological polar surface area (TPSA) is 69.6 Å². The van der Waals surface area contributed by atoms with Crippen LogP contribution >= 0.6 is 0 Å². The van der Waals surface area contributed by atoms with Crippen molar-refractivity contribution >= 4 is 5.78 Å². The summed E-state index contributed by atoms with van der Waals surface area (Å²) >= 11 is 0. The summed E-state index contributed by atoms with van der Waals surface area (Å²) in [5.74, 6) is 1.12. The molecule has 4 heteroatoms. The Labute approximate surface area is 142 Å². The Morgan fingerprint density at radius 1 is 1.29 bits per heavy atom. The van der Waals surface area contributed by atoms with E-state index < -0.39 is 6.10 Å². The van der Waals surface area contributed by atoms with Gasteiger partial charge in [-0.2, -0.15) is 0 Å². The van der Waals surface area contributed by atoms with E-state index in [0.717, 1.165) is 37.8 Å². The molecule has 0 amide bonds. The number of carbonyl (C=O) groups is 1. The third-order valence-corrected chi connectivity index (χ3v) is 9.77. The highest BCUT2D eigenvalue weighted by atomic mass is 16.3. The zero-order chi connectivity index (χ0) is 16.6. The van der Waals surface area contributed by atoms with Crippen molar-refractivity contribution in [2.45, 2.75) is 57.3 Å². The van der Waals surface area contributed by atoms with Crippen molar-refractivity contribution in [1.82, 2.24) is 5.32 Å². The molecule has 6 aliphatic rings. The Bertz CT molecular complexity index is 690. The van der Waals surface area contributed by atoms with Gasteiger partial charge in [0.05, 0.1) is 12.2 Å². The molecule has 3 N–H and O–H groups in total. The fraction of sp³-hybridized carbons (Fsp3) is 0.850. The van der Waals surface area contributed by atoms with Gasteiger partial charge < -0.3 is 15.5 Å². The van der Waals surface area contributed by atoms with E-state index in [9.17, 15) is 15.0 Å². The van der Waals surface area contributed by atoms with Crippen LogP contribution in [0.5, 0.6) is 0 Å². The maximum absolute atomic E-state index is 12.8. The van der Waals surface area contributed by atoms with Crippen molar-refractivity contribution < 1.29 is 15.0 Å². The molecule has 5 saturated carbocycles. The molecule has 5 aliphatic carbocycles. The summed E-state index contributed by atoms with van der Waals surface area (Å²) in [5.41, 5.74) is 0.566. The molecule has 4 nitrogen and oxygen atoms in total. The molecule has 1 saturated heterocycles. The molecule has 1 aliphatic heterocycles. The monoisotopic (exact) mass is 329 g/mol. The van der Waals surface area contributed by atoms with E-state index in [1.54, 1.807) is 0 Å². The van der Waals surface area contributed by atoms with Gasteiger partial charge in [-0.3, -0.25) is 4.79 Å². The van der Waals surface area contributed by atoms with Gasteiger partial charge in [0.1, 0.15) is 5.78 Å². The first-order chi connectivity index (χ1) is 11.4. The molecule has 0 radical (unpaired) electrons. The van der Waals surface area contributed by atoms with E-state index in [-0.39, 0.29) is 46.0 Å². The molecule has 24 heavy (non-hydrogen) atoms. The van der Waals surface area contributed by atoms with Crippen molar-refractivity contribution in [2.75, 3.05) is 6.54 Å². The van der Waals surface area contributed by atoms with Crippen LogP contribution in [0.15, 0.2) is 12.2 Å². The third kappa shape index (κ3) is 1.12. The largest absolute Gasteiger partial charge is 0.392 e. The molecule has 1 heterocycles. The second-order valence-corrected chi connectivity index (χ2v) is 10.0. The van der Waals surface area contributed by atoms with E-state index in [0.29, 0.717) is 18.3 Å². The molecule has 0 aromatic heterocycles. The predicted molar refractivity (Wildman–Crippen MR) is 88.0 cm³/mol. The minimum absolute atomic E-state index is 0.124. The standard InChI is InChI=1S/C20H27NO3/c1-9-10-7-19(17(9)24)11-5-13-18(2)4-3-15(23)20(13,16(11)21-8-18)14(19)6-12(10)22/h10-11,13-17,21,23-24H,1,3-8H2,2H3/t10-,11+,13-,14-,15+,16-,17-,18+,19+,20+/m1/s1. The van der Waals surface area contributed by atoms with E-state index in [1.807, 2.05) is 0 Å². The van der Waals surface area contributed by atoms with E-state index >= 15 is 0 Å². The second-order valence-electron chi connectivity index (χ2n) is 10.0. The first-order valence-electron chi connectivity index (χ1n) is 9.68. The van der Waals surface area contributed by atoms with E-state index in [1.165, 1.54) is 0 Å². The van der Waals surface area contributed by atoms with Gasteiger partial charge in [-0.25, -0.2) is 0 Å². The molecule has 2 spiro atoms. The SMILES string of the molecule is C=C1[C@H]2C[C@@]3([C@@H]1O)[C@@H](CC2=O)[C@]12[C@@H]4NC[C@](C)(CC[C@@H]1O)[C@H]2C[C@@H]43. The van der Waals surface area contributed by atoms with Crippen molar-refractivity contribution in [3.63, 3.8) is 0 Å². The van der Waals surface area contributed by atoms with Gasteiger partial charge in [-0.1, -0.05) is 13.5 Å². The average molecular weight is 329 g/mol. The van der Waals surface area contributed by atoms with Gasteiger partial charge in [-0.15, -0.1) is 0 Å². The van der Waals surface area contributed by atoms with Gasteiger partial charge >= 0.3 is 0 Å². The van der Waals surface area contributed by atoms with Crippen molar-refractivity contribution in [3.05, 3.63) is 12.2 Å². The van der Waals surface area contributed by atoms with Crippen LogP contribution in [-0.2, 0) is 4.79 Å². The van der Waals surface area contributed by atoms with Gasteiger partial charge in [0.2, 0.25) is 0 Å². The van der Waals surface area contributed by atoms with Crippen LogP contribution in [0.2, 0.25) is 0 Å². The summed E-state index contributed by atoms with van der Waals surface area (Å²) in [6.07, 6.45) is 3.43. The van der Waals surface area contributed by atoms with Gasteiger partial charge in [-0.05, 0) is 54.4 Å². The number of fused-ring (bicyclic) bond motifs is 1. The average Bonchev–Trinajstić information content (AvgIpc) is 3.05. The molecular formula is C20H27NO3. The lowest BCUT2D eigenvalue weighted by Gasteiger charge is -2.63. The molecule has 0 aromatic rings. The number of piperidine rings is 1. The highest BCUT2D eigenvalue weighted by molar-refractivity contribution is 5.87. The molecule has 0 unspecified atom stereocenters. The first-order valence-corrected chi connectivity index (χ1v) is 9.68. The normalized spacial score (nSPS) is 66.0. The highest BCUT2D eigenvalue weighted by Crippen LogP contribution is 2.81. The molecule has 130 valence electrons. The van der Waals surface area contributed by atoms with Gasteiger partial charge in [0.25, 0.3) is 0 Å². The number of nitrogens with one attached hydrogen (secondary N) is 1. The molecule has 6 fully saturated rings. The van der Waals surface area contributed by atoms with Crippen LogP contribution in [0, 0.1) is 39.9 Å². The number of aliphatic hydroxyl groups excluding tert-OH is 2. The lowest BCUT2D eigenvalue weighted by molar-refractivity contribution is -0.191. The van der Waals surface area contributed by atoms with E-state index in [2.05, 4.69) is 18.8 Å². The van der Waals surface area contributed by atoms with Crippen LogP contribution < -0.4 is 5.32 Å². The fourth-order valence-electron chi connectivity index (χ4n) is 9.05. The lowest BCUT2D eigenvalue weighted by Crippen LogP contribution is -2.67. The Kier molecular flexibility index (Phi) is 2.31. The molecule has 0 aromatic carbocycles. The number of Topliss-reactive ketones (excluding diaryl/α,β-unsaturated/α-hetero) is 1. The first kappa shape index (κ1) is 14.5. The minimum atomic E-state index is -0.563. The summed E-state index contributed by atoms with van der Waals surface area (Å²) in [6.45, 7) is 7.50. The summed E-state index contributed by atoms with van der Waals surface area (Å²) in [6, 6.07) is 0.267. The Balaban J connectivity index is 1.61. The summed E-state index contributed by atoms with van der Waals surface area (Å²) in [7, 11) is 0. The number of aliphatic hydroxyl groups is 2. The summed E-state index contributed by atoms with van der Waals surface area (Å²) in [4.78, 5) is 12.8. The Morgan fingerprint density at radius 2 is 2.08 bits per heavy atom. The number of hydrogen-bond donors (Lipinski definition) is 3. The number of rotatable bonds is 0. The van der Waals surface area contributed by atoms with Gasteiger partial charge in [0, 0.05) is 35.8 Å². The summed E-state index contributed by atoms with van der Waals surface area (Å²) in [5, 5.41) is 26.2. The molecule has 10 atom stereocenters. The van der Waals surface area contributed by atoms with E-state index in [4.69, 9.17) is 0 Å². The van der Waals surface area contributed by atoms with Crippen molar-refractivity contribution in [1.29, 1.82) is 0 Å². The van der Waals surface area contributed by atoms with Crippen LogP contribution in [0.3, 0.4) is 0 Å². The number of carbonyl (C=O) groups excluding carboxylic acids is 1. The number of ketones is 1. The minimum Gasteiger partial charge on any atom is -0.392 e. The summed E-state index contributed by atoms with van der Waals surface area (Å²) < 4.78 is 0. The highest BCUT2D eigenvalue weighted by Gasteiger charge is 2.84. The van der Waals surface area contributed by atoms with Crippen LogP contribution in [0.1, 0.15) is 39.0 Å². The third-order valence-electron chi connectivity index (χ3n) is 9.77. The lowest BCUT2D eigenvalue weighted by atomic mass is 9.43. The smallest absolute Gasteiger partial charge is 0.140 e. The number of hydrogen-bond acceptors (Lipinski definition) is 4. The van der Waals surface area contributed by atoms with Crippen molar-refractivity contribution in [2.24, 2.45) is 39.9 Å². The Hall–Kier alpha value is -0.710. The molecule has 7 bridgehead atoms. The quantitative estimate of drug-likeness (QED) is 0.586. The van der Waals surface area contributed by atoms with Crippen molar-refractivity contribution in [3.8, 4) is 0 Å². The van der Waals surface area contributed by atoms with Crippen LogP contribution in [-0.4, -0.2) is 40.8 Å². The molecular weight excluding hydrogens is 302 g/mol. The fourth-order valence-corrected chi connectivity index (χ4v) is 9.05. The van der Waals surface area contributed by atoms with Gasteiger partial charge in [0.15, 0.2) is 0 Å². The van der Waals surface area contributed by atoms with Crippen LogP contribution in [0.4, 0.5) is 0 Å². The zero-order valence-corrected chi connectivity index (χ0v) is 14.3. The predicted octanol–water partition coefficient (Wildman–Crippen LogP) is 1.27. The maximum Gasteiger partial charge on any atom is 0.140 e. The van der Waals surface area contributed by atoms with Crippen LogP contribution in [0.25, 0.3) is 0 Å². The molecule has 6 rings (SSSR count).